The van der Waals surface area contributed by atoms with Crippen molar-refractivity contribution in [1.82, 2.24) is 0 Å². The highest BCUT2D eigenvalue weighted by molar-refractivity contribution is 6.14. The van der Waals surface area contributed by atoms with E-state index in [0.717, 1.165) is 16.6 Å². The summed E-state index contributed by atoms with van der Waals surface area (Å²) in [4.78, 5) is 15.5. The molecule has 0 bridgehead atoms. The van der Waals surface area contributed by atoms with E-state index < -0.39 is 0 Å². The van der Waals surface area contributed by atoms with E-state index in [4.69, 9.17) is 10.2 Å². The first-order valence-corrected chi connectivity index (χ1v) is 6.39. The molecule has 0 unspecified atom stereocenters. The van der Waals surface area contributed by atoms with Crippen LogP contribution in [-0.2, 0) is 0 Å². The van der Waals surface area contributed by atoms with Crippen molar-refractivity contribution in [2.75, 3.05) is 5.73 Å². The van der Waals surface area contributed by atoms with Crippen molar-refractivity contribution < 1.29 is 14.2 Å². The fraction of sp³-hybridized carbons (Fsp3) is 0.125. The third-order valence-electron chi connectivity index (χ3n) is 3.33. The van der Waals surface area contributed by atoms with Gasteiger partial charge in [-0.1, -0.05) is 30.3 Å². The van der Waals surface area contributed by atoms with Crippen LogP contribution in [0, 0.1) is 13.8 Å². The summed E-state index contributed by atoms with van der Waals surface area (Å²) < 4.78 is 5.65. The fourth-order valence-electron chi connectivity index (χ4n) is 2.42. The summed E-state index contributed by atoms with van der Waals surface area (Å²) >= 11 is 0. The Hall–Kier alpha value is -2.62. The van der Waals surface area contributed by atoms with Gasteiger partial charge in [-0.15, -0.1) is 0 Å². The average molecular weight is 267 g/mol. The summed E-state index contributed by atoms with van der Waals surface area (Å²) in [5.41, 5.74) is 9.54. The normalized spacial score (nSPS) is 10.9. The Balaban J connectivity index is 2.21. The standard InChI is InChI=1S/C16H14N2O2/c1-9-8-10(2)18-16-12(9)13(17)15(20-16)14(19)11-6-4-3-5-7-11/h3-8H,17H2,1-2H3/p+1. The SMILES string of the molecule is Cc1cc(C)c2c(N)c(C(=O)c3ccccc3)oc2[nH+]1. The third kappa shape index (κ3) is 1.86. The summed E-state index contributed by atoms with van der Waals surface area (Å²) in [6, 6.07) is 11.0. The number of nitrogen functional groups attached to an aromatic ring is 1. The summed E-state index contributed by atoms with van der Waals surface area (Å²) in [6.45, 7) is 3.88. The molecule has 2 heterocycles. The maximum Gasteiger partial charge on any atom is 0.382 e. The number of anilines is 1. The van der Waals surface area contributed by atoms with Crippen LogP contribution in [0.3, 0.4) is 0 Å². The molecular formula is C16H15N2O2+. The number of aromatic amines is 1. The highest BCUT2D eigenvalue weighted by Crippen LogP contribution is 2.30. The van der Waals surface area contributed by atoms with Gasteiger partial charge in [0.2, 0.25) is 11.5 Å². The van der Waals surface area contributed by atoms with E-state index in [2.05, 4.69) is 4.98 Å². The largest absolute Gasteiger partial charge is 0.398 e. The molecule has 3 aromatic rings. The number of benzene rings is 1. The number of furan rings is 1. The van der Waals surface area contributed by atoms with Gasteiger partial charge < -0.3 is 10.2 Å². The number of nitrogens with one attached hydrogen (secondary N) is 1. The predicted molar refractivity (Wildman–Crippen MR) is 76.5 cm³/mol. The molecule has 100 valence electrons. The number of aryl methyl sites for hydroxylation is 2. The number of carbonyl (C=O) groups is 1. The van der Waals surface area contributed by atoms with Gasteiger partial charge in [0.25, 0.3) is 0 Å². The van der Waals surface area contributed by atoms with Gasteiger partial charge in [-0.25, -0.2) is 0 Å². The number of ketones is 1. The number of aromatic nitrogens is 1. The summed E-state index contributed by atoms with van der Waals surface area (Å²) in [7, 11) is 0. The van der Waals surface area contributed by atoms with Crippen LogP contribution < -0.4 is 10.7 Å². The minimum atomic E-state index is -0.204. The molecule has 0 amide bonds. The smallest absolute Gasteiger partial charge is 0.382 e. The second kappa shape index (κ2) is 4.49. The summed E-state index contributed by atoms with van der Waals surface area (Å²) in [5.74, 6) is -0.0131. The van der Waals surface area contributed by atoms with E-state index in [0.29, 0.717) is 17.0 Å². The minimum Gasteiger partial charge on any atom is -0.398 e. The Morgan fingerprint density at radius 3 is 2.60 bits per heavy atom. The lowest BCUT2D eigenvalue weighted by molar-refractivity contribution is -0.366. The summed E-state index contributed by atoms with van der Waals surface area (Å²) in [6.07, 6.45) is 0. The fourth-order valence-corrected chi connectivity index (χ4v) is 2.42. The highest BCUT2D eigenvalue weighted by atomic mass is 16.4. The van der Waals surface area contributed by atoms with Crippen molar-refractivity contribution in [1.29, 1.82) is 0 Å². The predicted octanol–water partition coefficient (Wildman–Crippen LogP) is 2.68. The average Bonchev–Trinajstić information content (AvgIpc) is 2.76. The molecule has 0 spiro atoms. The number of fused-ring (bicyclic) bond motifs is 1. The molecule has 0 aliphatic rings. The molecule has 4 nitrogen and oxygen atoms in total. The van der Waals surface area contributed by atoms with Crippen LogP contribution in [0.5, 0.6) is 0 Å². The topological polar surface area (TPSA) is 70.4 Å². The molecule has 1 aromatic carbocycles. The van der Waals surface area contributed by atoms with Gasteiger partial charge in [-0.05, 0) is 12.5 Å². The lowest BCUT2D eigenvalue weighted by Crippen LogP contribution is -2.07. The van der Waals surface area contributed by atoms with Crippen molar-refractivity contribution in [3.63, 3.8) is 0 Å². The number of H-pyrrole nitrogens is 1. The Kier molecular flexibility index (Phi) is 2.79. The molecule has 0 aliphatic heterocycles. The van der Waals surface area contributed by atoms with Crippen LogP contribution >= 0.6 is 0 Å². The first-order valence-electron chi connectivity index (χ1n) is 6.39. The summed E-state index contributed by atoms with van der Waals surface area (Å²) in [5, 5.41) is 0.773. The number of pyridine rings is 1. The van der Waals surface area contributed by atoms with Crippen LogP contribution in [0.2, 0.25) is 0 Å². The van der Waals surface area contributed by atoms with Crippen LogP contribution in [0.15, 0.2) is 40.8 Å². The molecule has 0 fully saturated rings. The molecule has 3 rings (SSSR count). The second-order valence-electron chi connectivity index (χ2n) is 4.88. The maximum absolute atomic E-state index is 12.4. The zero-order valence-electron chi connectivity index (χ0n) is 11.4. The molecule has 20 heavy (non-hydrogen) atoms. The zero-order valence-corrected chi connectivity index (χ0v) is 11.4. The number of nitrogens with two attached hydrogens (primary N) is 1. The van der Waals surface area contributed by atoms with Crippen molar-refractivity contribution in [3.05, 3.63) is 59.0 Å². The van der Waals surface area contributed by atoms with Gasteiger partial charge in [-0.2, -0.15) is 4.98 Å². The Labute approximate surface area is 116 Å². The third-order valence-corrected chi connectivity index (χ3v) is 3.33. The molecule has 0 radical (unpaired) electrons. The second-order valence-corrected chi connectivity index (χ2v) is 4.88. The van der Waals surface area contributed by atoms with Crippen LogP contribution in [0.4, 0.5) is 5.69 Å². The molecule has 0 atom stereocenters. The van der Waals surface area contributed by atoms with Gasteiger partial charge in [0.15, 0.2) is 5.69 Å². The first-order chi connectivity index (χ1) is 9.58. The molecule has 0 saturated carbocycles. The van der Waals surface area contributed by atoms with Gasteiger partial charge >= 0.3 is 5.71 Å². The highest BCUT2D eigenvalue weighted by Gasteiger charge is 2.24. The molecule has 4 heteroatoms. The lowest BCUT2D eigenvalue weighted by atomic mass is 10.1. The van der Waals surface area contributed by atoms with Crippen molar-refractivity contribution in [2.45, 2.75) is 13.8 Å². The first kappa shape index (κ1) is 12.4. The quantitative estimate of drug-likeness (QED) is 0.726. The number of rotatable bonds is 2. The molecule has 3 N–H and O–H groups in total. The molecule has 2 aromatic heterocycles. The monoisotopic (exact) mass is 267 g/mol. The minimum absolute atomic E-state index is 0.191. The van der Waals surface area contributed by atoms with E-state index in [-0.39, 0.29) is 11.5 Å². The van der Waals surface area contributed by atoms with Crippen molar-refractivity contribution >= 4 is 22.6 Å². The Bertz CT molecular complexity index is 804. The zero-order chi connectivity index (χ0) is 14.3. The van der Waals surface area contributed by atoms with Gasteiger partial charge in [-0.3, -0.25) is 4.79 Å². The van der Waals surface area contributed by atoms with Crippen molar-refractivity contribution in [2.24, 2.45) is 0 Å². The molecule has 0 aliphatic carbocycles. The lowest BCUT2D eigenvalue weighted by Gasteiger charge is -1.97. The number of hydrogen-bond donors (Lipinski definition) is 1. The number of carbonyl (C=O) groups excluding carboxylic acids is 1. The van der Waals surface area contributed by atoms with Crippen molar-refractivity contribution in [3.8, 4) is 0 Å². The van der Waals surface area contributed by atoms with E-state index in [1.54, 1.807) is 12.1 Å². The Morgan fingerprint density at radius 1 is 1.20 bits per heavy atom. The molecular weight excluding hydrogens is 252 g/mol. The van der Waals surface area contributed by atoms with Gasteiger partial charge in [0.05, 0.1) is 5.69 Å². The van der Waals surface area contributed by atoms with E-state index in [1.807, 2.05) is 38.1 Å². The van der Waals surface area contributed by atoms with E-state index in [9.17, 15) is 4.79 Å². The van der Waals surface area contributed by atoms with E-state index >= 15 is 0 Å². The van der Waals surface area contributed by atoms with Gasteiger partial charge in [0.1, 0.15) is 5.39 Å². The molecule has 0 saturated heterocycles. The number of hydrogen-bond acceptors (Lipinski definition) is 3. The van der Waals surface area contributed by atoms with E-state index in [1.165, 1.54) is 0 Å². The van der Waals surface area contributed by atoms with Crippen LogP contribution in [-0.4, -0.2) is 5.78 Å². The maximum atomic E-state index is 12.4. The Morgan fingerprint density at radius 2 is 1.90 bits per heavy atom. The van der Waals surface area contributed by atoms with Crippen LogP contribution in [0.1, 0.15) is 27.4 Å². The van der Waals surface area contributed by atoms with Crippen LogP contribution in [0.25, 0.3) is 11.1 Å². The van der Waals surface area contributed by atoms with Gasteiger partial charge in [0, 0.05) is 18.6 Å².